The van der Waals surface area contributed by atoms with Gasteiger partial charge in [-0.05, 0) is 37.0 Å². The molecule has 0 aliphatic heterocycles. The van der Waals surface area contributed by atoms with Crippen molar-refractivity contribution in [2.45, 2.75) is 32.2 Å². The van der Waals surface area contributed by atoms with E-state index in [-0.39, 0.29) is 0 Å². The summed E-state index contributed by atoms with van der Waals surface area (Å²) in [7, 11) is 0. The van der Waals surface area contributed by atoms with Crippen molar-refractivity contribution in [1.29, 1.82) is 0 Å². The van der Waals surface area contributed by atoms with E-state index in [1.54, 1.807) is 0 Å². The van der Waals surface area contributed by atoms with Gasteiger partial charge in [0.05, 0.1) is 0 Å². The molecule has 1 N–H and O–H groups in total. The molecular weight excluding hydrogens is 218 g/mol. The summed E-state index contributed by atoms with van der Waals surface area (Å²) in [6.45, 7) is 3.21. The smallest absolute Gasteiger partial charge is 0.0411 e. The molecule has 86 valence electrons. The maximum absolute atomic E-state index is 5.96. The summed E-state index contributed by atoms with van der Waals surface area (Å²) < 4.78 is 0. The van der Waals surface area contributed by atoms with Crippen LogP contribution in [0.1, 0.15) is 31.7 Å². The number of halogens is 1. The number of benzene rings is 1. The predicted molar refractivity (Wildman–Crippen MR) is 70.7 cm³/mol. The minimum absolute atomic E-state index is 0.773. The largest absolute Gasteiger partial charge is 0.310 e. The van der Waals surface area contributed by atoms with E-state index in [1.807, 2.05) is 18.2 Å². The molecule has 0 atom stereocenters. The second kappa shape index (κ2) is 5.51. The number of rotatable bonds is 5. The Morgan fingerprint density at radius 3 is 2.94 bits per heavy atom. The quantitative estimate of drug-likeness (QED) is 0.817. The van der Waals surface area contributed by atoms with Gasteiger partial charge >= 0.3 is 0 Å². The normalized spacial score (nSPS) is 16.5. The van der Waals surface area contributed by atoms with Gasteiger partial charge < -0.3 is 5.32 Å². The summed E-state index contributed by atoms with van der Waals surface area (Å²) in [5.74, 6) is 0. The molecule has 0 bridgehead atoms. The lowest BCUT2D eigenvalue weighted by Crippen LogP contribution is -2.18. The Morgan fingerprint density at radius 2 is 2.31 bits per heavy atom. The molecule has 0 radical (unpaired) electrons. The van der Waals surface area contributed by atoms with E-state index in [0.717, 1.165) is 24.0 Å². The van der Waals surface area contributed by atoms with E-state index in [4.69, 9.17) is 11.6 Å². The monoisotopic (exact) mass is 235 g/mol. The number of nitrogens with one attached hydrogen (secondary N) is 1. The van der Waals surface area contributed by atoms with Crippen LogP contribution in [0.25, 0.3) is 6.08 Å². The average Bonchev–Trinajstić information content (AvgIpc) is 3.08. The van der Waals surface area contributed by atoms with Gasteiger partial charge in [-0.2, -0.15) is 0 Å². The molecule has 1 aliphatic carbocycles. The molecule has 1 saturated carbocycles. The third kappa shape index (κ3) is 3.66. The molecule has 2 rings (SSSR count). The average molecular weight is 236 g/mol. The Balaban J connectivity index is 2.00. The van der Waals surface area contributed by atoms with Gasteiger partial charge in [0.15, 0.2) is 0 Å². The van der Waals surface area contributed by atoms with E-state index < -0.39 is 0 Å². The number of hydrogen-bond donors (Lipinski definition) is 1. The maximum atomic E-state index is 5.96. The molecule has 1 nitrogen and oxygen atoms in total. The lowest BCUT2D eigenvalue weighted by atomic mass is 10.1. The second-order valence-electron chi connectivity index (χ2n) is 4.37. The Kier molecular flexibility index (Phi) is 4.03. The van der Waals surface area contributed by atoms with E-state index in [9.17, 15) is 0 Å². The zero-order valence-electron chi connectivity index (χ0n) is 9.67. The van der Waals surface area contributed by atoms with E-state index in [0.29, 0.717) is 0 Å². The minimum atomic E-state index is 0.773. The Labute approximate surface area is 103 Å². The molecule has 1 fully saturated rings. The van der Waals surface area contributed by atoms with Crippen molar-refractivity contribution in [2.24, 2.45) is 0 Å². The lowest BCUT2D eigenvalue weighted by molar-refractivity contribution is 0.723. The fraction of sp³-hybridized carbons (Fsp3) is 0.429. The van der Waals surface area contributed by atoms with Crippen molar-refractivity contribution in [3.63, 3.8) is 0 Å². The van der Waals surface area contributed by atoms with Gasteiger partial charge in [-0.15, -0.1) is 0 Å². The predicted octanol–water partition coefficient (Wildman–Crippen LogP) is 3.89. The van der Waals surface area contributed by atoms with Crippen LogP contribution in [-0.2, 0) is 0 Å². The highest BCUT2D eigenvalue weighted by Gasteiger charge is 2.19. The molecule has 0 unspecified atom stereocenters. The van der Waals surface area contributed by atoms with Crippen LogP contribution in [0.2, 0.25) is 5.02 Å². The first-order chi connectivity index (χ1) is 7.78. The summed E-state index contributed by atoms with van der Waals surface area (Å²) in [6, 6.07) is 8.78. The van der Waals surface area contributed by atoms with Crippen molar-refractivity contribution < 1.29 is 0 Å². The van der Waals surface area contributed by atoms with Gasteiger partial charge in [-0.3, -0.25) is 0 Å². The SMILES string of the molecule is CCC(=Cc1cccc(Cl)c1)CNC1CC1. The molecule has 0 aromatic heterocycles. The summed E-state index contributed by atoms with van der Waals surface area (Å²) in [5, 5.41) is 4.35. The molecule has 0 amide bonds. The van der Waals surface area contributed by atoms with Gasteiger partial charge in [-0.1, -0.05) is 42.3 Å². The van der Waals surface area contributed by atoms with Gasteiger partial charge in [-0.25, -0.2) is 0 Å². The standard InChI is InChI=1S/C14H18ClN/c1-2-11(10-16-14-6-7-14)8-12-4-3-5-13(15)9-12/h3-5,8-9,14,16H,2,6-7,10H2,1H3. The van der Waals surface area contributed by atoms with Crippen molar-refractivity contribution in [3.05, 3.63) is 40.4 Å². The minimum Gasteiger partial charge on any atom is -0.310 e. The molecule has 0 heterocycles. The Morgan fingerprint density at radius 1 is 1.50 bits per heavy atom. The van der Waals surface area contributed by atoms with E-state index >= 15 is 0 Å². The van der Waals surface area contributed by atoms with Gasteiger partial charge in [0.25, 0.3) is 0 Å². The molecule has 1 aromatic carbocycles. The first kappa shape index (κ1) is 11.7. The van der Waals surface area contributed by atoms with Gasteiger partial charge in [0, 0.05) is 17.6 Å². The first-order valence-electron chi connectivity index (χ1n) is 5.96. The topological polar surface area (TPSA) is 12.0 Å². The molecule has 16 heavy (non-hydrogen) atoms. The summed E-state index contributed by atoms with van der Waals surface area (Å²) >= 11 is 5.96. The highest BCUT2D eigenvalue weighted by molar-refractivity contribution is 6.30. The van der Waals surface area contributed by atoms with Crippen LogP contribution in [0, 0.1) is 0 Å². The maximum Gasteiger partial charge on any atom is 0.0411 e. The van der Waals surface area contributed by atoms with Crippen molar-refractivity contribution in [2.75, 3.05) is 6.54 Å². The van der Waals surface area contributed by atoms with Crippen LogP contribution in [0.4, 0.5) is 0 Å². The van der Waals surface area contributed by atoms with Crippen molar-refractivity contribution in [3.8, 4) is 0 Å². The number of hydrogen-bond acceptors (Lipinski definition) is 1. The van der Waals surface area contributed by atoms with Crippen LogP contribution in [0.5, 0.6) is 0 Å². The van der Waals surface area contributed by atoms with E-state index in [1.165, 1.54) is 24.0 Å². The van der Waals surface area contributed by atoms with Gasteiger partial charge in [0.1, 0.15) is 0 Å². The first-order valence-corrected chi connectivity index (χ1v) is 6.34. The highest BCUT2D eigenvalue weighted by Crippen LogP contribution is 2.20. The Bertz CT molecular complexity index is 380. The molecule has 1 aliphatic rings. The summed E-state index contributed by atoms with van der Waals surface area (Å²) in [4.78, 5) is 0. The van der Waals surface area contributed by atoms with Gasteiger partial charge in [0.2, 0.25) is 0 Å². The fourth-order valence-corrected chi connectivity index (χ4v) is 1.87. The summed E-state index contributed by atoms with van der Waals surface area (Å²) in [6.07, 6.45) is 6.01. The molecule has 1 aromatic rings. The zero-order valence-corrected chi connectivity index (χ0v) is 10.4. The summed E-state index contributed by atoms with van der Waals surface area (Å²) in [5.41, 5.74) is 2.64. The second-order valence-corrected chi connectivity index (χ2v) is 4.80. The molecule has 0 spiro atoms. The fourth-order valence-electron chi connectivity index (χ4n) is 1.67. The van der Waals surface area contributed by atoms with Crippen LogP contribution >= 0.6 is 11.6 Å². The third-order valence-corrected chi connectivity index (χ3v) is 3.10. The van der Waals surface area contributed by atoms with Crippen molar-refractivity contribution >= 4 is 17.7 Å². The Hall–Kier alpha value is -0.790. The van der Waals surface area contributed by atoms with Crippen LogP contribution in [0.15, 0.2) is 29.8 Å². The molecule has 0 saturated heterocycles. The molecule has 2 heteroatoms. The van der Waals surface area contributed by atoms with Crippen LogP contribution < -0.4 is 5.32 Å². The van der Waals surface area contributed by atoms with Crippen LogP contribution in [-0.4, -0.2) is 12.6 Å². The highest BCUT2D eigenvalue weighted by atomic mass is 35.5. The zero-order chi connectivity index (χ0) is 11.4. The van der Waals surface area contributed by atoms with E-state index in [2.05, 4.69) is 24.4 Å². The molecular formula is C14H18ClN. The van der Waals surface area contributed by atoms with Crippen LogP contribution in [0.3, 0.4) is 0 Å². The van der Waals surface area contributed by atoms with Crippen molar-refractivity contribution in [1.82, 2.24) is 5.32 Å². The lowest BCUT2D eigenvalue weighted by Gasteiger charge is -2.06. The third-order valence-electron chi connectivity index (χ3n) is 2.87.